The molecule has 1 aromatic carbocycles. The lowest BCUT2D eigenvalue weighted by Crippen LogP contribution is -1.95. The van der Waals surface area contributed by atoms with E-state index in [0.717, 1.165) is 5.56 Å². The molecule has 60 valence electrons. The molecule has 0 saturated carbocycles. The van der Waals surface area contributed by atoms with Crippen molar-refractivity contribution in [3.8, 4) is 0 Å². The van der Waals surface area contributed by atoms with Crippen molar-refractivity contribution in [1.82, 2.24) is 0 Å². The van der Waals surface area contributed by atoms with Gasteiger partial charge in [0.05, 0.1) is 13.2 Å². The molecule has 0 atom stereocenters. The van der Waals surface area contributed by atoms with E-state index >= 15 is 0 Å². The van der Waals surface area contributed by atoms with E-state index in [1.54, 1.807) is 18.2 Å². The maximum Gasteiger partial charge on any atom is 0.0702 e. The summed E-state index contributed by atoms with van der Waals surface area (Å²) in [5.74, 6) is 0. The Bertz CT molecular complexity index is 248. The van der Waals surface area contributed by atoms with E-state index in [9.17, 15) is 0 Å². The smallest absolute Gasteiger partial charge is 0.0702 e. The average molecular weight is 153 g/mol. The summed E-state index contributed by atoms with van der Waals surface area (Å²) in [6.07, 6.45) is 0. The SMILES string of the molecule is Nc1ccc(CO)cc1CO. The van der Waals surface area contributed by atoms with Crippen molar-refractivity contribution >= 4 is 5.69 Å². The first kappa shape index (κ1) is 8.04. The van der Waals surface area contributed by atoms with Gasteiger partial charge in [-0.2, -0.15) is 0 Å². The fraction of sp³-hybridized carbons (Fsp3) is 0.250. The van der Waals surface area contributed by atoms with Crippen LogP contribution < -0.4 is 5.73 Å². The predicted molar refractivity (Wildman–Crippen MR) is 42.7 cm³/mol. The van der Waals surface area contributed by atoms with Crippen molar-refractivity contribution in [2.24, 2.45) is 0 Å². The van der Waals surface area contributed by atoms with Crippen molar-refractivity contribution in [2.75, 3.05) is 5.73 Å². The summed E-state index contributed by atoms with van der Waals surface area (Å²) in [5, 5.41) is 17.5. The van der Waals surface area contributed by atoms with Crippen LogP contribution >= 0.6 is 0 Å². The minimum Gasteiger partial charge on any atom is -0.398 e. The Labute approximate surface area is 65.1 Å². The van der Waals surface area contributed by atoms with Gasteiger partial charge in [0.2, 0.25) is 0 Å². The number of benzene rings is 1. The quantitative estimate of drug-likeness (QED) is 0.534. The van der Waals surface area contributed by atoms with Crippen LogP contribution in [0.4, 0.5) is 5.69 Å². The number of anilines is 1. The lowest BCUT2D eigenvalue weighted by atomic mass is 10.1. The third kappa shape index (κ3) is 1.69. The Kier molecular flexibility index (Phi) is 2.46. The molecule has 0 bridgehead atoms. The number of rotatable bonds is 2. The van der Waals surface area contributed by atoms with E-state index in [4.69, 9.17) is 15.9 Å². The number of aliphatic hydroxyl groups is 2. The summed E-state index contributed by atoms with van der Waals surface area (Å²) in [7, 11) is 0. The standard InChI is InChI=1S/C8H11NO2/c9-8-2-1-6(4-10)3-7(8)5-11/h1-3,10-11H,4-5,9H2. The van der Waals surface area contributed by atoms with E-state index in [1.807, 2.05) is 0 Å². The monoisotopic (exact) mass is 153 g/mol. The van der Waals surface area contributed by atoms with E-state index in [0.29, 0.717) is 11.3 Å². The molecule has 0 saturated heterocycles. The maximum atomic E-state index is 8.78. The molecule has 0 fully saturated rings. The predicted octanol–water partition coefficient (Wildman–Crippen LogP) is 0.253. The molecule has 0 heterocycles. The zero-order valence-electron chi connectivity index (χ0n) is 6.12. The molecular formula is C8H11NO2. The molecule has 3 nitrogen and oxygen atoms in total. The van der Waals surface area contributed by atoms with Gasteiger partial charge in [0.25, 0.3) is 0 Å². The van der Waals surface area contributed by atoms with E-state index in [-0.39, 0.29) is 13.2 Å². The first-order chi connectivity index (χ1) is 5.27. The number of aliphatic hydroxyl groups excluding tert-OH is 2. The fourth-order valence-corrected chi connectivity index (χ4v) is 0.894. The molecular weight excluding hydrogens is 142 g/mol. The summed E-state index contributed by atoms with van der Waals surface area (Å²) in [5.41, 5.74) is 7.50. The summed E-state index contributed by atoms with van der Waals surface area (Å²) in [6, 6.07) is 5.10. The first-order valence-electron chi connectivity index (χ1n) is 3.37. The van der Waals surface area contributed by atoms with Crippen LogP contribution in [-0.2, 0) is 13.2 Å². The Hall–Kier alpha value is -1.06. The summed E-state index contributed by atoms with van der Waals surface area (Å²) in [4.78, 5) is 0. The highest BCUT2D eigenvalue weighted by Gasteiger charge is 1.97. The molecule has 0 amide bonds. The second-order valence-electron chi connectivity index (χ2n) is 2.35. The third-order valence-electron chi connectivity index (χ3n) is 1.56. The van der Waals surface area contributed by atoms with Gasteiger partial charge in [-0.25, -0.2) is 0 Å². The van der Waals surface area contributed by atoms with E-state index in [2.05, 4.69) is 0 Å². The summed E-state index contributed by atoms with van der Waals surface area (Å²) < 4.78 is 0. The van der Waals surface area contributed by atoms with Crippen LogP contribution in [0.25, 0.3) is 0 Å². The molecule has 4 N–H and O–H groups in total. The summed E-state index contributed by atoms with van der Waals surface area (Å²) in [6.45, 7) is -0.104. The highest BCUT2D eigenvalue weighted by molar-refractivity contribution is 5.48. The van der Waals surface area contributed by atoms with Gasteiger partial charge in [0.15, 0.2) is 0 Å². The molecule has 3 heteroatoms. The molecule has 0 unspecified atom stereocenters. The van der Waals surface area contributed by atoms with Crippen molar-refractivity contribution in [3.05, 3.63) is 29.3 Å². The molecule has 0 aliphatic heterocycles. The average Bonchev–Trinajstić information content (AvgIpc) is 2.05. The minimum atomic E-state index is -0.0837. The van der Waals surface area contributed by atoms with E-state index in [1.165, 1.54) is 0 Å². The van der Waals surface area contributed by atoms with Gasteiger partial charge < -0.3 is 15.9 Å². The summed E-state index contributed by atoms with van der Waals surface area (Å²) >= 11 is 0. The topological polar surface area (TPSA) is 66.5 Å². The third-order valence-corrected chi connectivity index (χ3v) is 1.56. The van der Waals surface area contributed by atoms with Gasteiger partial charge in [-0.1, -0.05) is 6.07 Å². The van der Waals surface area contributed by atoms with Crippen molar-refractivity contribution in [2.45, 2.75) is 13.2 Å². The van der Waals surface area contributed by atoms with Crippen LogP contribution in [0.5, 0.6) is 0 Å². The largest absolute Gasteiger partial charge is 0.398 e. The number of nitrogens with two attached hydrogens (primary N) is 1. The fourth-order valence-electron chi connectivity index (χ4n) is 0.894. The Morgan fingerprint density at radius 1 is 1.18 bits per heavy atom. The Morgan fingerprint density at radius 3 is 2.45 bits per heavy atom. The molecule has 0 spiro atoms. The Balaban J connectivity index is 3.02. The first-order valence-corrected chi connectivity index (χ1v) is 3.37. The van der Waals surface area contributed by atoms with Crippen LogP contribution in [0.2, 0.25) is 0 Å². The molecule has 0 aliphatic rings. The van der Waals surface area contributed by atoms with Crippen molar-refractivity contribution in [1.29, 1.82) is 0 Å². The number of nitrogen functional groups attached to an aromatic ring is 1. The van der Waals surface area contributed by atoms with Gasteiger partial charge in [-0.15, -0.1) is 0 Å². The van der Waals surface area contributed by atoms with Gasteiger partial charge in [0, 0.05) is 11.3 Å². The molecule has 0 aliphatic carbocycles. The molecule has 0 radical (unpaired) electrons. The second-order valence-corrected chi connectivity index (χ2v) is 2.35. The highest BCUT2D eigenvalue weighted by atomic mass is 16.3. The molecule has 1 aromatic rings. The van der Waals surface area contributed by atoms with Crippen molar-refractivity contribution < 1.29 is 10.2 Å². The van der Waals surface area contributed by atoms with Gasteiger partial charge >= 0.3 is 0 Å². The highest BCUT2D eigenvalue weighted by Crippen LogP contribution is 2.13. The number of hydrogen-bond donors (Lipinski definition) is 3. The molecule has 1 rings (SSSR count). The van der Waals surface area contributed by atoms with Crippen LogP contribution in [-0.4, -0.2) is 10.2 Å². The van der Waals surface area contributed by atoms with Gasteiger partial charge in [-0.3, -0.25) is 0 Å². The second kappa shape index (κ2) is 3.37. The van der Waals surface area contributed by atoms with Crippen LogP contribution in [0.3, 0.4) is 0 Å². The minimum absolute atomic E-state index is 0.0206. The zero-order chi connectivity index (χ0) is 8.27. The zero-order valence-corrected chi connectivity index (χ0v) is 6.12. The van der Waals surface area contributed by atoms with Crippen LogP contribution in [0.1, 0.15) is 11.1 Å². The maximum absolute atomic E-state index is 8.78. The lowest BCUT2D eigenvalue weighted by Gasteiger charge is -2.03. The normalized spacial score (nSPS) is 10.0. The van der Waals surface area contributed by atoms with Gasteiger partial charge in [0.1, 0.15) is 0 Å². The van der Waals surface area contributed by atoms with Crippen LogP contribution in [0.15, 0.2) is 18.2 Å². The molecule has 11 heavy (non-hydrogen) atoms. The molecule has 0 aromatic heterocycles. The lowest BCUT2D eigenvalue weighted by molar-refractivity contribution is 0.276. The van der Waals surface area contributed by atoms with Gasteiger partial charge in [-0.05, 0) is 17.7 Å². The number of hydrogen-bond acceptors (Lipinski definition) is 3. The van der Waals surface area contributed by atoms with Crippen LogP contribution in [0, 0.1) is 0 Å². The van der Waals surface area contributed by atoms with Crippen molar-refractivity contribution in [3.63, 3.8) is 0 Å². The van der Waals surface area contributed by atoms with E-state index < -0.39 is 0 Å². The Morgan fingerprint density at radius 2 is 1.91 bits per heavy atom.